The zero-order chi connectivity index (χ0) is 32.6. The summed E-state index contributed by atoms with van der Waals surface area (Å²) in [6.07, 6.45) is 9.90. The molecule has 1 saturated carbocycles. The molecule has 0 radical (unpaired) electrons. The third kappa shape index (κ3) is 4.17. The first-order chi connectivity index (χ1) is 22.7. The lowest BCUT2D eigenvalue weighted by Crippen LogP contribution is -2.59. The summed E-state index contributed by atoms with van der Waals surface area (Å²) in [5, 5.41) is 14.7. The fourth-order valence-corrected chi connectivity index (χ4v) is 9.79. The first-order valence-corrected chi connectivity index (χ1v) is 17.5. The fraction of sp³-hybridized carbons (Fsp3) is 0.333. The lowest BCUT2D eigenvalue weighted by molar-refractivity contribution is -0.126. The van der Waals surface area contributed by atoms with Crippen molar-refractivity contribution in [2.24, 2.45) is 7.05 Å². The van der Waals surface area contributed by atoms with Crippen molar-refractivity contribution < 1.29 is 13.2 Å². The number of carbonyl (C=O) groups is 1. The highest BCUT2D eigenvalue weighted by Gasteiger charge is 2.55. The van der Waals surface area contributed by atoms with Crippen molar-refractivity contribution in [1.82, 2.24) is 23.6 Å². The number of amides is 1. The third-order valence-electron chi connectivity index (χ3n) is 10.8. The van der Waals surface area contributed by atoms with E-state index >= 15 is 0 Å². The normalized spacial score (nSPS) is 18.7. The zero-order valence-electron chi connectivity index (χ0n) is 26.4. The van der Waals surface area contributed by atoms with Crippen LogP contribution in [-0.2, 0) is 27.3 Å². The van der Waals surface area contributed by atoms with Crippen LogP contribution in [0.4, 0.5) is 5.69 Å². The number of likely N-dealkylation sites (N-methyl/N-ethyl adjacent to an activating group) is 1. The van der Waals surface area contributed by atoms with Gasteiger partial charge in [0, 0.05) is 61.0 Å². The Balaban J connectivity index is 1.44. The second-order valence-electron chi connectivity index (χ2n) is 13.1. The van der Waals surface area contributed by atoms with E-state index in [2.05, 4.69) is 16.1 Å². The maximum atomic E-state index is 14.7. The Morgan fingerprint density at radius 3 is 2.19 bits per heavy atom. The van der Waals surface area contributed by atoms with E-state index in [0.29, 0.717) is 60.2 Å². The maximum Gasteiger partial charge on any atom is 0.269 e. The minimum atomic E-state index is -4.16. The van der Waals surface area contributed by atoms with Crippen LogP contribution in [0.2, 0.25) is 0 Å². The zero-order valence-corrected chi connectivity index (χ0v) is 27.2. The Morgan fingerprint density at radius 2 is 1.60 bits per heavy atom. The Morgan fingerprint density at radius 1 is 0.915 bits per heavy atom. The fourth-order valence-electron chi connectivity index (χ4n) is 8.27. The van der Waals surface area contributed by atoms with Crippen molar-refractivity contribution in [1.29, 1.82) is 5.26 Å². The van der Waals surface area contributed by atoms with E-state index in [-0.39, 0.29) is 22.0 Å². The molecule has 1 spiro atoms. The van der Waals surface area contributed by atoms with Gasteiger partial charge in [-0.15, -0.1) is 0 Å². The quantitative estimate of drug-likeness (QED) is 0.240. The van der Waals surface area contributed by atoms with Gasteiger partial charge in [0.1, 0.15) is 0 Å². The number of nitriles is 1. The number of pyridine rings is 1. The van der Waals surface area contributed by atoms with Gasteiger partial charge in [0.05, 0.1) is 46.6 Å². The van der Waals surface area contributed by atoms with Crippen molar-refractivity contribution in [2.45, 2.75) is 54.4 Å². The SMILES string of the molecule is CN1C(=O)C2(CCN(C3(CC#N)CCC3)CC2)c2c1cnc1c2c(-c2ccccc2)c(-c2cnn(C)c2)n1S(=O)(=O)c1ccccc1. The molecule has 8 rings (SSSR count). The van der Waals surface area contributed by atoms with Crippen molar-refractivity contribution in [3.05, 3.63) is 84.8 Å². The Hall–Kier alpha value is -4.79. The first-order valence-electron chi connectivity index (χ1n) is 16.0. The molecule has 238 valence electrons. The van der Waals surface area contributed by atoms with Crippen molar-refractivity contribution in [2.75, 3.05) is 25.0 Å². The monoisotopic (exact) mass is 645 g/mol. The predicted molar refractivity (Wildman–Crippen MR) is 179 cm³/mol. The van der Waals surface area contributed by atoms with Gasteiger partial charge < -0.3 is 4.90 Å². The van der Waals surface area contributed by atoms with Crippen LogP contribution < -0.4 is 4.90 Å². The van der Waals surface area contributed by atoms with E-state index in [9.17, 15) is 18.5 Å². The minimum Gasteiger partial charge on any atom is -0.313 e. The molecule has 3 aromatic heterocycles. The van der Waals surface area contributed by atoms with Crippen LogP contribution in [0.1, 0.15) is 44.1 Å². The molecule has 11 heteroatoms. The van der Waals surface area contributed by atoms with Crippen LogP contribution in [0.25, 0.3) is 33.4 Å². The molecule has 5 heterocycles. The smallest absolute Gasteiger partial charge is 0.269 e. The molecule has 2 fully saturated rings. The van der Waals surface area contributed by atoms with Gasteiger partial charge in [-0.2, -0.15) is 10.4 Å². The van der Waals surface area contributed by atoms with Crippen LogP contribution in [0, 0.1) is 11.3 Å². The van der Waals surface area contributed by atoms with E-state index in [4.69, 9.17) is 4.98 Å². The van der Waals surface area contributed by atoms with Crippen LogP contribution in [-0.4, -0.2) is 63.6 Å². The van der Waals surface area contributed by atoms with Gasteiger partial charge >= 0.3 is 0 Å². The number of likely N-dealkylation sites (tertiary alicyclic amines) is 1. The molecule has 10 nitrogen and oxygen atoms in total. The van der Waals surface area contributed by atoms with Crippen LogP contribution in [0.15, 0.2) is 84.1 Å². The second kappa shape index (κ2) is 10.6. The van der Waals surface area contributed by atoms with E-state index in [0.717, 1.165) is 30.4 Å². The molecular formula is C36H35N7O3S. The molecular weight excluding hydrogens is 611 g/mol. The molecule has 1 saturated heterocycles. The Bertz CT molecular complexity index is 2190. The average Bonchev–Trinajstić information content (AvgIpc) is 3.72. The largest absolute Gasteiger partial charge is 0.313 e. The lowest BCUT2D eigenvalue weighted by Gasteiger charge is -2.53. The summed E-state index contributed by atoms with van der Waals surface area (Å²) in [4.78, 5) is 23.6. The number of benzene rings is 2. The number of nitrogens with zero attached hydrogens (tertiary/aromatic N) is 7. The topological polar surface area (TPSA) is 117 Å². The van der Waals surface area contributed by atoms with E-state index < -0.39 is 15.4 Å². The minimum absolute atomic E-state index is 0.00463. The van der Waals surface area contributed by atoms with Crippen LogP contribution in [0.5, 0.6) is 0 Å². The summed E-state index contributed by atoms with van der Waals surface area (Å²) in [5.74, 6) is 0.00463. The average molecular weight is 646 g/mol. The van der Waals surface area contributed by atoms with E-state index in [1.807, 2.05) is 36.5 Å². The summed E-state index contributed by atoms with van der Waals surface area (Å²) >= 11 is 0. The van der Waals surface area contributed by atoms with E-state index in [1.165, 1.54) is 3.97 Å². The first kappa shape index (κ1) is 29.6. The summed E-state index contributed by atoms with van der Waals surface area (Å²) in [6.45, 7) is 1.37. The van der Waals surface area contributed by atoms with Gasteiger partial charge in [-0.3, -0.25) is 14.4 Å². The van der Waals surface area contributed by atoms with Crippen molar-refractivity contribution >= 4 is 32.7 Å². The highest BCUT2D eigenvalue weighted by Crippen LogP contribution is 2.55. The molecule has 2 aromatic carbocycles. The predicted octanol–water partition coefficient (Wildman–Crippen LogP) is 5.49. The molecule has 3 aliphatic rings. The second-order valence-corrected chi connectivity index (χ2v) is 14.9. The van der Waals surface area contributed by atoms with Gasteiger partial charge in [0.2, 0.25) is 5.91 Å². The number of fused-ring (bicyclic) bond motifs is 4. The third-order valence-corrected chi connectivity index (χ3v) is 12.5. The summed E-state index contributed by atoms with van der Waals surface area (Å²) in [5.41, 5.74) is 3.47. The highest BCUT2D eigenvalue weighted by atomic mass is 32.2. The number of hydrogen-bond donors (Lipinski definition) is 0. The molecule has 5 aromatic rings. The number of piperidine rings is 1. The molecule has 47 heavy (non-hydrogen) atoms. The van der Waals surface area contributed by atoms with Crippen LogP contribution >= 0.6 is 0 Å². The molecule has 1 aliphatic carbocycles. The van der Waals surface area contributed by atoms with E-state index in [1.54, 1.807) is 66.4 Å². The number of aryl methyl sites for hydroxylation is 1. The molecule has 0 atom stereocenters. The molecule has 0 bridgehead atoms. The van der Waals surface area contributed by atoms with Gasteiger partial charge in [-0.25, -0.2) is 17.4 Å². The summed E-state index contributed by atoms with van der Waals surface area (Å²) in [7, 11) is -0.564. The van der Waals surface area contributed by atoms with Gasteiger partial charge in [0.15, 0.2) is 5.65 Å². The lowest BCUT2D eigenvalue weighted by atomic mass is 9.68. The number of aromatic nitrogens is 4. The molecule has 2 aliphatic heterocycles. The molecule has 0 unspecified atom stereocenters. The number of anilines is 1. The van der Waals surface area contributed by atoms with Gasteiger partial charge in [-0.1, -0.05) is 48.5 Å². The summed E-state index contributed by atoms with van der Waals surface area (Å²) in [6, 6.07) is 20.6. The van der Waals surface area contributed by atoms with Crippen LogP contribution in [0.3, 0.4) is 0 Å². The maximum absolute atomic E-state index is 14.7. The molecule has 1 amide bonds. The molecule has 0 N–H and O–H groups in total. The van der Waals surface area contributed by atoms with Crippen molar-refractivity contribution in [3.8, 4) is 28.5 Å². The Kier molecular flexibility index (Phi) is 6.69. The van der Waals surface area contributed by atoms with Gasteiger partial charge in [-0.05, 0) is 49.8 Å². The summed E-state index contributed by atoms with van der Waals surface area (Å²) < 4.78 is 32.5. The highest BCUT2D eigenvalue weighted by molar-refractivity contribution is 7.90. The van der Waals surface area contributed by atoms with Gasteiger partial charge in [0.25, 0.3) is 10.0 Å². The standard InChI is InChI=1S/C36H35N7O3S/c1-40-24-26(22-39-40)32-29(25-10-5-3-6-11-25)30-31-28(23-38-33(30)43(32)47(45,46)27-12-7-4-8-13-27)41(2)34(44)36(31)17-20-42(21-18-36)35(16-19-37)14-9-15-35/h3-8,10-13,22-24H,9,14-18,20-21H2,1-2H3. The Labute approximate surface area is 273 Å². The van der Waals surface area contributed by atoms with Crippen molar-refractivity contribution in [3.63, 3.8) is 0 Å². The number of rotatable bonds is 6. The number of carbonyl (C=O) groups excluding carboxylic acids is 1. The number of hydrogen-bond acceptors (Lipinski definition) is 7.